The van der Waals surface area contributed by atoms with Crippen molar-refractivity contribution < 1.29 is 9.53 Å². The van der Waals surface area contributed by atoms with Gasteiger partial charge in [-0.2, -0.15) is 5.10 Å². The summed E-state index contributed by atoms with van der Waals surface area (Å²) in [4.78, 5) is 11.8. The SMILES string of the molecule is O=C(N/N=C/c1ccc(OCc2ccc(Br)cc2Br)cc1)Nc1ccccc1. The lowest BCUT2D eigenvalue weighted by molar-refractivity contribution is 0.252. The zero-order valence-electron chi connectivity index (χ0n) is 14.7. The second-order valence-electron chi connectivity index (χ2n) is 5.78. The van der Waals surface area contributed by atoms with Crippen LogP contribution in [0.25, 0.3) is 0 Å². The van der Waals surface area contributed by atoms with Gasteiger partial charge in [0.1, 0.15) is 12.4 Å². The van der Waals surface area contributed by atoms with Crippen LogP contribution in [0.15, 0.2) is 86.8 Å². The predicted molar refractivity (Wildman–Crippen MR) is 119 cm³/mol. The van der Waals surface area contributed by atoms with Gasteiger partial charge in [-0.1, -0.05) is 56.1 Å². The van der Waals surface area contributed by atoms with E-state index in [9.17, 15) is 4.79 Å². The molecule has 0 fully saturated rings. The van der Waals surface area contributed by atoms with Crippen LogP contribution in [-0.4, -0.2) is 12.2 Å². The van der Waals surface area contributed by atoms with Gasteiger partial charge >= 0.3 is 6.03 Å². The number of carbonyl (C=O) groups is 1. The number of hydrogen-bond acceptors (Lipinski definition) is 3. The molecular formula is C21H17Br2N3O2. The van der Waals surface area contributed by atoms with Gasteiger partial charge in [-0.25, -0.2) is 10.2 Å². The van der Waals surface area contributed by atoms with Crippen LogP contribution in [0.3, 0.4) is 0 Å². The molecule has 0 aliphatic carbocycles. The summed E-state index contributed by atoms with van der Waals surface area (Å²) in [6, 6.07) is 22.2. The third-order valence-corrected chi connectivity index (χ3v) is 4.93. The minimum atomic E-state index is -0.400. The third kappa shape index (κ3) is 6.21. The van der Waals surface area contributed by atoms with Crippen molar-refractivity contribution in [3.63, 3.8) is 0 Å². The molecule has 0 spiro atoms. The molecule has 2 amide bonds. The van der Waals surface area contributed by atoms with Crippen molar-refractivity contribution in [3.05, 3.63) is 92.9 Å². The average Bonchev–Trinajstić information content (AvgIpc) is 2.69. The molecule has 0 saturated carbocycles. The maximum atomic E-state index is 11.8. The number of carbonyl (C=O) groups excluding carboxylic acids is 1. The summed E-state index contributed by atoms with van der Waals surface area (Å²) in [7, 11) is 0. The molecule has 3 rings (SSSR count). The molecule has 0 bridgehead atoms. The van der Waals surface area contributed by atoms with Crippen LogP contribution in [0.1, 0.15) is 11.1 Å². The Kier molecular flexibility index (Phi) is 7.22. The molecule has 142 valence electrons. The topological polar surface area (TPSA) is 62.7 Å². The van der Waals surface area contributed by atoms with E-state index in [0.29, 0.717) is 12.3 Å². The fourth-order valence-electron chi connectivity index (χ4n) is 2.30. The Morgan fingerprint density at radius 1 is 1.00 bits per heavy atom. The Labute approximate surface area is 180 Å². The summed E-state index contributed by atoms with van der Waals surface area (Å²) in [5.41, 5.74) is 5.04. The summed E-state index contributed by atoms with van der Waals surface area (Å²) in [6.07, 6.45) is 1.57. The molecule has 0 saturated heterocycles. The Morgan fingerprint density at radius 2 is 1.75 bits per heavy atom. The maximum absolute atomic E-state index is 11.8. The number of nitrogens with one attached hydrogen (secondary N) is 2. The second-order valence-corrected chi connectivity index (χ2v) is 7.55. The molecule has 2 N–H and O–H groups in total. The quantitative estimate of drug-likeness (QED) is 0.323. The number of anilines is 1. The van der Waals surface area contributed by atoms with Gasteiger partial charge in [0.25, 0.3) is 0 Å². The first-order valence-electron chi connectivity index (χ1n) is 8.42. The number of benzene rings is 3. The van der Waals surface area contributed by atoms with Crippen LogP contribution in [0.5, 0.6) is 5.75 Å². The molecule has 0 aliphatic rings. The van der Waals surface area contributed by atoms with Gasteiger partial charge < -0.3 is 10.1 Å². The monoisotopic (exact) mass is 501 g/mol. The van der Waals surface area contributed by atoms with E-state index in [1.54, 1.807) is 18.3 Å². The lowest BCUT2D eigenvalue weighted by atomic mass is 10.2. The van der Waals surface area contributed by atoms with Crippen LogP contribution < -0.4 is 15.5 Å². The highest BCUT2D eigenvalue weighted by Crippen LogP contribution is 2.23. The number of nitrogens with zero attached hydrogens (tertiary/aromatic N) is 1. The number of para-hydroxylation sites is 1. The summed E-state index contributed by atoms with van der Waals surface area (Å²) in [5.74, 6) is 0.752. The summed E-state index contributed by atoms with van der Waals surface area (Å²) < 4.78 is 7.81. The molecule has 28 heavy (non-hydrogen) atoms. The molecule has 3 aromatic rings. The van der Waals surface area contributed by atoms with Gasteiger partial charge in [0, 0.05) is 20.2 Å². The van der Waals surface area contributed by atoms with Crippen molar-refractivity contribution in [3.8, 4) is 5.75 Å². The molecule has 3 aromatic carbocycles. The zero-order chi connectivity index (χ0) is 19.8. The van der Waals surface area contributed by atoms with Crippen molar-refractivity contribution >= 4 is 49.8 Å². The van der Waals surface area contributed by atoms with E-state index < -0.39 is 6.03 Å². The Balaban J connectivity index is 1.48. The fraction of sp³-hybridized carbons (Fsp3) is 0.0476. The number of halogens is 2. The molecule has 0 heterocycles. The molecule has 7 heteroatoms. The lowest BCUT2D eigenvalue weighted by Crippen LogP contribution is -2.24. The molecule has 0 radical (unpaired) electrons. The molecule has 0 aromatic heterocycles. The van der Waals surface area contributed by atoms with Crippen LogP contribution in [-0.2, 0) is 6.61 Å². The molecular weight excluding hydrogens is 486 g/mol. The zero-order valence-corrected chi connectivity index (χ0v) is 17.9. The van der Waals surface area contributed by atoms with Crippen molar-refractivity contribution in [1.82, 2.24) is 5.43 Å². The maximum Gasteiger partial charge on any atom is 0.339 e. The summed E-state index contributed by atoms with van der Waals surface area (Å²) in [5, 5.41) is 6.63. The Hall–Kier alpha value is -2.64. The highest BCUT2D eigenvalue weighted by atomic mass is 79.9. The minimum Gasteiger partial charge on any atom is -0.489 e. The van der Waals surface area contributed by atoms with Crippen molar-refractivity contribution in [1.29, 1.82) is 0 Å². The Morgan fingerprint density at radius 3 is 2.46 bits per heavy atom. The van der Waals surface area contributed by atoms with Crippen molar-refractivity contribution in [2.75, 3.05) is 5.32 Å². The number of hydrazone groups is 1. The van der Waals surface area contributed by atoms with E-state index in [1.165, 1.54) is 0 Å². The predicted octanol–water partition coefficient (Wildman–Crippen LogP) is 5.95. The molecule has 5 nitrogen and oxygen atoms in total. The van der Waals surface area contributed by atoms with Crippen LogP contribution in [0, 0.1) is 0 Å². The summed E-state index contributed by atoms with van der Waals surface area (Å²) >= 11 is 6.96. The van der Waals surface area contributed by atoms with E-state index in [4.69, 9.17) is 4.74 Å². The van der Waals surface area contributed by atoms with Crippen molar-refractivity contribution in [2.45, 2.75) is 6.61 Å². The average molecular weight is 503 g/mol. The van der Waals surface area contributed by atoms with Crippen molar-refractivity contribution in [2.24, 2.45) is 5.10 Å². The van der Waals surface area contributed by atoms with Gasteiger partial charge in [-0.15, -0.1) is 0 Å². The van der Waals surface area contributed by atoms with E-state index in [-0.39, 0.29) is 0 Å². The van der Waals surface area contributed by atoms with E-state index in [2.05, 4.69) is 47.7 Å². The smallest absolute Gasteiger partial charge is 0.339 e. The lowest BCUT2D eigenvalue weighted by Gasteiger charge is -2.08. The highest BCUT2D eigenvalue weighted by Gasteiger charge is 2.02. The van der Waals surface area contributed by atoms with Gasteiger partial charge in [-0.3, -0.25) is 0 Å². The van der Waals surface area contributed by atoms with Crippen LogP contribution in [0.4, 0.5) is 10.5 Å². The van der Waals surface area contributed by atoms with Gasteiger partial charge in [0.05, 0.1) is 6.21 Å². The molecule has 0 atom stereocenters. The number of rotatable bonds is 6. The van der Waals surface area contributed by atoms with Gasteiger partial charge in [0.2, 0.25) is 0 Å². The third-order valence-electron chi connectivity index (χ3n) is 3.70. The fourth-order valence-corrected chi connectivity index (χ4v) is 3.46. The standard InChI is InChI=1S/C21H17Br2N3O2/c22-17-9-8-16(20(23)12-17)14-28-19-10-6-15(7-11-19)13-24-26-21(27)25-18-4-2-1-3-5-18/h1-13H,14H2,(H2,25,26,27)/b24-13+. The number of urea groups is 1. The van der Waals surface area contributed by atoms with E-state index >= 15 is 0 Å². The van der Waals surface area contributed by atoms with Crippen LogP contribution >= 0.6 is 31.9 Å². The number of hydrogen-bond donors (Lipinski definition) is 2. The number of amides is 2. The normalized spacial score (nSPS) is 10.6. The molecule has 0 unspecified atom stereocenters. The highest BCUT2D eigenvalue weighted by molar-refractivity contribution is 9.11. The number of ether oxygens (including phenoxy) is 1. The van der Waals surface area contributed by atoms with E-state index in [0.717, 1.165) is 25.8 Å². The van der Waals surface area contributed by atoms with Gasteiger partial charge in [0.15, 0.2) is 0 Å². The minimum absolute atomic E-state index is 0.400. The second kappa shape index (κ2) is 10.1. The van der Waals surface area contributed by atoms with Gasteiger partial charge in [-0.05, 0) is 54.1 Å². The molecule has 0 aliphatic heterocycles. The largest absolute Gasteiger partial charge is 0.489 e. The first kappa shape index (κ1) is 20.1. The van der Waals surface area contributed by atoms with E-state index in [1.807, 2.05) is 60.7 Å². The first-order chi connectivity index (χ1) is 13.6. The Bertz CT molecular complexity index is 961. The van der Waals surface area contributed by atoms with Crippen LogP contribution in [0.2, 0.25) is 0 Å². The summed E-state index contributed by atoms with van der Waals surface area (Å²) in [6.45, 7) is 0.461. The first-order valence-corrected chi connectivity index (χ1v) is 10.0.